The summed E-state index contributed by atoms with van der Waals surface area (Å²) in [6, 6.07) is 14.8. The zero-order valence-electron chi connectivity index (χ0n) is 15.6. The van der Waals surface area contributed by atoms with E-state index in [1.54, 1.807) is 36.5 Å². The number of imidazole rings is 1. The lowest BCUT2D eigenvalue weighted by Crippen LogP contribution is -2.23. The lowest BCUT2D eigenvalue weighted by molar-refractivity contribution is 0.0951. The third kappa shape index (κ3) is 4.01. The predicted molar refractivity (Wildman–Crippen MR) is 109 cm³/mol. The Labute approximate surface area is 165 Å². The summed E-state index contributed by atoms with van der Waals surface area (Å²) in [5.41, 5.74) is 3.03. The number of hydrogen-bond donors (Lipinski definition) is 3. The number of aromatic amines is 2. The number of halogens is 1. The summed E-state index contributed by atoms with van der Waals surface area (Å²) in [5.74, 6) is 0.165. The van der Waals surface area contributed by atoms with E-state index in [1.807, 2.05) is 24.1 Å². The van der Waals surface area contributed by atoms with Crippen LogP contribution in [0.3, 0.4) is 0 Å². The first-order chi connectivity index (χ1) is 14.0. The minimum atomic E-state index is -0.311. The van der Waals surface area contributed by atoms with Gasteiger partial charge in [0.25, 0.3) is 5.91 Å². The Hall–Kier alpha value is -3.94. The molecule has 2 aromatic heterocycles. The zero-order valence-corrected chi connectivity index (χ0v) is 15.6. The van der Waals surface area contributed by atoms with Gasteiger partial charge < -0.3 is 20.2 Å². The summed E-state index contributed by atoms with van der Waals surface area (Å²) in [6.45, 7) is 0.314. The molecular weight excluding hydrogens is 373 g/mol. The van der Waals surface area contributed by atoms with E-state index in [9.17, 15) is 14.0 Å². The molecule has 146 valence electrons. The lowest BCUT2D eigenvalue weighted by atomic mass is 10.2. The van der Waals surface area contributed by atoms with Gasteiger partial charge in [-0.15, -0.1) is 0 Å². The van der Waals surface area contributed by atoms with Gasteiger partial charge >= 0.3 is 5.69 Å². The molecule has 4 rings (SSSR count). The van der Waals surface area contributed by atoms with Crippen LogP contribution in [0.25, 0.3) is 11.0 Å². The Morgan fingerprint density at radius 3 is 2.55 bits per heavy atom. The molecule has 4 aromatic rings. The highest BCUT2D eigenvalue weighted by Gasteiger charge is 2.09. The molecule has 0 spiro atoms. The summed E-state index contributed by atoms with van der Waals surface area (Å²) < 4.78 is 13.1. The maximum absolute atomic E-state index is 13.1. The van der Waals surface area contributed by atoms with Crippen LogP contribution in [0.15, 0.2) is 65.6 Å². The van der Waals surface area contributed by atoms with E-state index < -0.39 is 0 Å². The van der Waals surface area contributed by atoms with Gasteiger partial charge in [-0.2, -0.15) is 0 Å². The molecule has 2 aromatic carbocycles. The second-order valence-corrected chi connectivity index (χ2v) is 6.58. The Balaban J connectivity index is 1.41. The van der Waals surface area contributed by atoms with Crippen molar-refractivity contribution < 1.29 is 9.18 Å². The number of benzene rings is 2. The molecule has 29 heavy (non-hydrogen) atoms. The minimum Gasteiger partial charge on any atom is -0.348 e. The van der Waals surface area contributed by atoms with E-state index in [2.05, 4.69) is 20.3 Å². The molecule has 0 fully saturated rings. The summed E-state index contributed by atoms with van der Waals surface area (Å²) in [5, 5.41) is 2.84. The third-order valence-electron chi connectivity index (χ3n) is 4.60. The first kappa shape index (κ1) is 18.4. The fourth-order valence-electron chi connectivity index (χ4n) is 2.97. The number of carbonyl (C=O) groups is 1. The van der Waals surface area contributed by atoms with Crippen molar-refractivity contribution in [3.63, 3.8) is 0 Å². The van der Waals surface area contributed by atoms with Gasteiger partial charge in [-0.05, 0) is 54.1 Å². The molecule has 0 saturated carbocycles. The van der Waals surface area contributed by atoms with Crippen LogP contribution >= 0.6 is 0 Å². The highest BCUT2D eigenvalue weighted by molar-refractivity contribution is 5.97. The Morgan fingerprint density at radius 1 is 1.07 bits per heavy atom. The Bertz CT molecular complexity index is 1210. The first-order valence-electron chi connectivity index (χ1n) is 8.94. The molecular formula is C21H18FN5O2. The Morgan fingerprint density at radius 2 is 1.83 bits per heavy atom. The van der Waals surface area contributed by atoms with E-state index in [0.717, 1.165) is 11.3 Å². The topological polar surface area (TPSA) is 93.9 Å². The van der Waals surface area contributed by atoms with Crippen molar-refractivity contribution in [1.29, 1.82) is 0 Å². The number of H-pyrrole nitrogens is 2. The number of rotatable bonds is 5. The molecule has 3 N–H and O–H groups in total. The maximum Gasteiger partial charge on any atom is 0.323 e. The van der Waals surface area contributed by atoms with Crippen molar-refractivity contribution in [3.8, 4) is 0 Å². The van der Waals surface area contributed by atoms with Crippen LogP contribution in [0.1, 0.15) is 15.9 Å². The van der Waals surface area contributed by atoms with Crippen LogP contribution in [0.5, 0.6) is 0 Å². The van der Waals surface area contributed by atoms with E-state index in [0.29, 0.717) is 29.0 Å². The second kappa shape index (κ2) is 7.59. The van der Waals surface area contributed by atoms with E-state index in [-0.39, 0.29) is 17.4 Å². The Kier molecular flexibility index (Phi) is 4.82. The first-order valence-corrected chi connectivity index (χ1v) is 8.94. The molecule has 0 aliphatic carbocycles. The van der Waals surface area contributed by atoms with Gasteiger partial charge in [0.15, 0.2) is 0 Å². The number of nitrogens with zero attached hydrogens (tertiary/aromatic N) is 2. The smallest absolute Gasteiger partial charge is 0.323 e. The van der Waals surface area contributed by atoms with Gasteiger partial charge in [-0.1, -0.05) is 6.07 Å². The van der Waals surface area contributed by atoms with Crippen LogP contribution in [-0.2, 0) is 6.54 Å². The molecule has 0 unspecified atom stereocenters. The van der Waals surface area contributed by atoms with Gasteiger partial charge in [0.1, 0.15) is 11.6 Å². The van der Waals surface area contributed by atoms with Crippen molar-refractivity contribution in [2.24, 2.45) is 0 Å². The SMILES string of the molecule is CN(c1ccc(F)cc1)c1ccc(CNC(=O)c2ccc3[nH]c(=O)[nH]c3c2)cn1. The van der Waals surface area contributed by atoms with Crippen molar-refractivity contribution in [2.45, 2.75) is 6.54 Å². The molecule has 0 atom stereocenters. The largest absolute Gasteiger partial charge is 0.348 e. The number of amides is 1. The van der Waals surface area contributed by atoms with Crippen LogP contribution in [-0.4, -0.2) is 27.9 Å². The van der Waals surface area contributed by atoms with Crippen molar-refractivity contribution in [3.05, 3.63) is 88.2 Å². The highest BCUT2D eigenvalue weighted by Crippen LogP contribution is 2.21. The van der Waals surface area contributed by atoms with E-state index >= 15 is 0 Å². The van der Waals surface area contributed by atoms with Gasteiger partial charge in [-0.25, -0.2) is 14.2 Å². The molecule has 0 aliphatic rings. The third-order valence-corrected chi connectivity index (χ3v) is 4.60. The van der Waals surface area contributed by atoms with Crippen LogP contribution in [0.4, 0.5) is 15.9 Å². The van der Waals surface area contributed by atoms with E-state index in [1.165, 1.54) is 12.1 Å². The van der Waals surface area contributed by atoms with Gasteiger partial charge in [-0.3, -0.25) is 4.79 Å². The number of carbonyl (C=O) groups excluding carboxylic acids is 1. The van der Waals surface area contributed by atoms with Crippen LogP contribution in [0.2, 0.25) is 0 Å². The molecule has 7 nitrogen and oxygen atoms in total. The minimum absolute atomic E-state index is 0.249. The molecule has 2 heterocycles. The highest BCUT2D eigenvalue weighted by atomic mass is 19.1. The van der Waals surface area contributed by atoms with Gasteiger partial charge in [0.05, 0.1) is 11.0 Å². The van der Waals surface area contributed by atoms with Crippen molar-refractivity contribution >= 4 is 28.4 Å². The summed E-state index contributed by atoms with van der Waals surface area (Å²) >= 11 is 0. The fraction of sp³-hybridized carbons (Fsp3) is 0.0952. The zero-order chi connectivity index (χ0) is 20.4. The average Bonchev–Trinajstić information content (AvgIpc) is 3.11. The number of aromatic nitrogens is 3. The quantitative estimate of drug-likeness (QED) is 0.487. The predicted octanol–water partition coefficient (Wildman–Crippen LogP) is 3.09. The van der Waals surface area contributed by atoms with Crippen molar-refractivity contribution in [2.75, 3.05) is 11.9 Å². The molecule has 8 heteroatoms. The number of anilines is 2. The second-order valence-electron chi connectivity index (χ2n) is 6.58. The van der Waals surface area contributed by atoms with E-state index in [4.69, 9.17) is 0 Å². The average molecular weight is 391 g/mol. The summed E-state index contributed by atoms with van der Waals surface area (Å²) in [4.78, 5) is 35.2. The summed E-state index contributed by atoms with van der Waals surface area (Å²) in [7, 11) is 1.85. The lowest BCUT2D eigenvalue weighted by Gasteiger charge is -2.18. The fourth-order valence-corrected chi connectivity index (χ4v) is 2.97. The molecule has 0 saturated heterocycles. The number of hydrogen-bond acceptors (Lipinski definition) is 4. The normalized spacial score (nSPS) is 10.8. The number of nitrogens with one attached hydrogen (secondary N) is 3. The molecule has 0 bridgehead atoms. The van der Waals surface area contributed by atoms with Crippen LogP contribution in [0, 0.1) is 5.82 Å². The molecule has 0 radical (unpaired) electrons. The number of pyridine rings is 1. The number of fused-ring (bicyclic) bond motifs is 1. The van der Waals surface area contributed by atoms with Crippen molar-refractivity contribution in [1.82, 2.24) is 20.3 Å². The maximum atomic E-state index is 13.1. The van der Waals surface area contributed by atoms with Crippen LogP contribution < -0.4 is 15.9 Å². The van der Waals surface area contributed by atoms with Gasteiger partial charge in [0, 0.05) is 31.0 Å². The van der Waals surface area contributed by atoms with Gasteiger partial charge in [0.2, 0.25) is 0 Å². The molecule has 0 aliphatic heterocycles. The standard InChI is InChI=1S/C21H18FN5O2/c1-27(16-6-4-15(22)5-7-16)19-9-2-13(11-23-19)12-24-20(28)14-3-8-17-18(10-14)26-21(29)25-17/h2-11H,12H2,1H3,(H,24,28)(H2,25,26,29). The molecule has 1 amide bonds. The summed E-state index contributed by atoms with van der Waals surface area (Å²) in [6.07, 6.45) is 1.68. The monoisotopic (exact) mass is 391 g/mol.